The lowest BCUT2D eigenvalue weighted by Crippen LogP contribution is -2.40. The molecule has 1 fully saturated rings. The number of carbonyl (C=O) groups is 2. The van der Waals surface area contributed by atoms with Gasteiger partial charge in [0.15, 0.2) is 6.61 Å². The molecule has 1 amide bonds. The maximum Gasteiger partial charge on any atom is 0.338 e. The average Bonchev–Trinajstić information content (AvgIpc) is 3.16. The zero-order valence-electron chi connectivity index (χ0n) is 16.2. The lowest BCUT2D eigenvalue weighted by atomic mass is 10.2. The number of hydrogen-bond acceptors (Lipinski definition) is 7. The van der Waals surface area contributed by atoms with Gasteiger partial charge in [-0.05, 0) is 36.4 Å². The predicted octanol–water partition coefficient (Wildman–Crippen LogP) is 2.24. The van der Waals surface area contributed by atoms with E-state index in [1.807, 2.05) is 6.07 Å². The smallest absolute Gasteiger partial charge is 0.338 e. The van der Waals surface area contributed by atoms with Crippen LogP contribution in [0.1, 0.15) is 15.2 Å². The number of ether oxygens (including phenoxy) is 2. The number of likely N-dealkylation sites (N-methyl/N-ethyl adjacent to an activating group) is 1. The molecule has 30 heavy (non-hydrogen) atoms. The molecular formula is C19H21ClN2O6S2. The van der Waals surface area contributed by atoms with Crippen LogP contribution in [0.2, 0.25) is 4.34 Å². The van der Waals surface area contributed by atoms with E-state index in [2.05, 4.69) is 0 Å². The predicted molar refractivity (Wildman–Crippen MR) is 112 cm³/mol. The van der Waals surface area contributed by atoms with E-state index in [4.69, 9.17) is 21.1 Å². The first-order valence-electron chi connectivity index (χ1n) is 9.10. The first-order chi connectivity index (χ1) is 14.3. The van der Waals surface area contributed by atoms with Gasteiger partial charge in [-0.15, -0.1) is 11.3 Å². The molecule has 0 unspecified atom stereocenters. The average molecular weight is 473 g/mol. The summed E-state index contributed by atoms with van der Waals surface area (Å²) in [5, 5.41) is 0. The number of thiophene rings is 1. The molecule has 1 aliphatic rings. The summed E-state index contributed by atoms with van der Waals surface area (Å²) >= 11 is 7.25. The van der Waals surface area contributed by atoms with Crippen molar-refractivity contribution in [2.75, 3.05) is 40.0 Å². The highest BCUT2D eigenvalue weighted by atomic mass is 35.5. The normalized spacial score (nSPS) is 15.0. The molecule has 0 radical (unpaired) electrons. The van der Waals surface area contributed by atoms with E-state index in [1.54, 1.807) is 13.1 Å². The van der Waals surface area contributed by atoms with Crippen LogP contribution in [0.5, 0.6) is 0 Å². The van der Waals surface area contributed by atoms with Gasteiger partial charge in [-0.1, -0.05) is 11.6 Å². The lowest BCUT2D eigenvalue weighted by Gasteiger charge is -2.26. The molecule has 1 saturated heterocycles. The van der Waals surface area contributed by atoms with Gasteiger partial charge in [-0.25, -0.2) is 13.2 Å². The number of halogens is 1. The van der Waals surface area contributed by atoms with Crippen molar-refractivity contribution in [2.24, 2.45) is 0 Å². The fourth-order valence-electron chi connectivity index (χ4n) is 2.78. The maximum absolute atomic E-state index is 12.6. The van der Waals surface area contributed by atoms with E-state index in [0.29, 0.717) is 37.2 Å². The van der Waals surface area contributed by atoms with Crippen molar-refractivity contribution in [3.05, 3.63) is 51.2 Å². The van der Waals surface area contributed by atoms with Gasteiger partial charge >= 0.3 is 5.97 Å². The van der Waals surface area contributed by atoms with Crippen molar-refractivity contribution in [2.45, 2.75) is 11.4 Å². The minimum atomic E-state index is -3.64. The van der Waals surface area contributed by atoms with Gasteiger partial charge in [0.2, 0.25) is 10.0 Å². The van der Waals surface area contributed by atoms with Crippen molar-refractivity contribution in [1.82, 2.24) is 9.21 Å². The van der Waals surface area contributed by atoms with Gasteiger partial charge < -0.3 is 14.4 Å². The number of carbonyl (C=O) groups excluding carboxylic acids is 2. The Morgan fingerprint density at radius 1 is 1.17 bits per heavy atom. The highest BCUT2D eigenvalue weighted by molar-refractivity contribution is 7.89. The molecule has 3 rings (SSSR count). The minimum Gasteiger partial charge on any atom is -0.452 e. The van der Waals surface area contributed by atoms with Gasteiger partial charge in [-0.2, -0.15) is 4.31 Å². The molecule has 0 saturated carbocycles. The minimum absolute atomic E-state index is 0.0892. The number of morpholine rings is 1. The summed E-state index contributed by atoms with van der Waals surface area (Å²) in [6, 6.07) is 9.04. The SMILES string of the molecule is CN(Cc1ccc(Cl)s1)C(=O)COC(=O)c1ccc(S(=O)(=O)N2CCOCC2)cc1. The molecule has 1 aromatic heterocycles. The van der Waals surface area contributed by atoms with Crippen LogP contribution in [0.3, 0.4) is 0 Å². The molecule has 0 bridgehead atoms. The van der Waals surface area contributed by atoms with Crippen molar-refractivity contribution in [3.63, 3.8) is 0 Å². The highest BCUT2D eigenvalue weighted by Gasteiger charge is 2.26. The Hall–Kier alpha value is -1.98. The van der Waals surface area contributed by atoms with Crippen LogP contribution in [-0.2, 0) is 30.8 Å². The lowest BCUT2D eigenvalue weighted by molar-refractivity contribution is -0.133. The van der Waals surface area contributed by atoms with E-state index in [0.717, 1.165) is 4.88 Å². The summed E-state index contributed by atoms with van der Waals surface area (Å²) < 4.78 is 37.4. The second-order valence-corrected chi connectivity index (χ2v) is 10.3. The number of benzene rings is 1. The standard InChI is InChI=1S/C19H21ClN2O6S2/c1-21(12-15-4-7-17(20)29-15)18(23)13-28-19(24)14-2-5-16(6-3-14)30(25,26)22-8-10-27-11-9-22/h2-7H,8-13H2,1H3. The summed E-state index contributed by atoms with van der Waals surface area (Å²) in [6.45, 7) is 1.24. The Morgan fingerprint density at radius 2 is 1.83 bits per heavy atom. The molecule has 11 heteroatoms. The number of amides is 1. The quantitative estimate of drug-likeness (QED) is 0.574. The fraction of sp³-hybridized carbons (Fsp3) is 0.368. The number of rotatable bonds is 7. The van der Waals surface area contributed by atoms with Crippen LogP contribution in [0, 0.1) is 0 Å². The monoisotopic (exact) mass is 472 g/mol. The third kappa shape index (κ3) is 5.58. The van der Waals surface area contributed by atoms with Crippen molar-refractivity contribution < 1.29 is 27.5 Å². The number of nitrogens with zero attached hydrogens (tertiary/aromatic N) is 2. The molecule has 0 aliphatic carbocycles. The molecule has 0 atom stereocenters. The second-order valence-electron chi connectivity index (χ2n) is 6.57. The van der Waals surface area contributed by atoms with E-state index in [1.165, 1.54) is 44.8 Å². The van der Waals surface area contributed by atoms with E-state index >= 15 is 0 Å². The number of sulfonamides is 1. The third-order valence-electron chi connectivity index (χ3n) is 4.47. The van der Waals surface area contributed by atoms with Gasteiger partial charge in [0.25, 0.3) is 5.91 Å². The second kappa shape index (κ2) is 9.88. The van der Waals surface area contributed by atoms with Crippen molar-refractivity contribution in [3.8, 4) is 0 Å². The molecule has 2 heterocycles. The van der Waals surface area contributed by atoms with Gasteiger partial charge in [-0.3, -0.25) is 4.79 Å². The topological polar surface area (TPSA) is 93.2 Å². The zero-order chi connectivity index (χ0) is 21.7. The summed E-state index contributed by atoms with van der Waals surface area (Å²) in [5.41, 5.74) is 0.163. The van der Waals surface area contributed by atoms with Crippen LogP contribution in [0.15, 0.2) is 41.3 Å². The number of hydrogen-bond donors (Lipinski definition) is 0. The first-order valence-corrected chi connectivity index (χ1v) is 11.7. The molecular weight excluding hydrogens is 452 g/mol. The van der Waals surface area contributed by atoms with Gasteiger partial charge in [0.05, 0.1) is 34.6 Å². The van der Waals surface area contributed by atoms with E-state index < -0.39 is 22.6 Å². The molecule has 1 aliphatic heterocycles. The maximum atomic E-state index is 12.6. The molecule has 1 aromatic carbocycles. The third-order valence-corrected chi connectivity index (χ3v) is 7.60. The number of esters is 1. The zero-order valence-corrected chi connectivity index (χ0v) is 18.6. The van der Waals surface area contributed by atoms with Crippen LogP contribution < -0.4 is 0 Å². The first kappa shape index (κ1) is 22.7. The van der Waals surface area contributed by atoms with Crippen molar-refractivity contribution >= 4 is 44.8 Å². The van der Waals surface area contributed by atoms with Gasteiger partial charge in [0, 0.05) is 25.0 Å². The summed E-state index contributed by atoms with van der Waals surface area (Å²) in [4.78, 5) is 26.8. The van der Waals surface area contributed by atoms with Crippen LogP contribution in [0.25, 0.3) is 0 Å². The Balaban J connectivity index is 1.54. The summed E-state index contributed by atoms with van der Waals surface area (Å²) in [6.07, 6.45) is 0. The van der Waals surface area contributed by atoms with Crippen LogP contribution in [-0.4, -0.2) is 69.5 Å². The Kier molecular flexibility index (Phi) is 7.48. The van der Waals surface area contributed by atoms with Gasteiger partial charge in [0.1, 0.15) is 0 Å². The fourth-order valence-corrected chi connectivity index (χ4v) is 5.33. The highest BCUT2D eigenvalue weighted by Crippen LogP contribution is 2.22. The van der Waals surface area contributed by atoms with E-state index in [9.17, 15) is 18.0 Å². The Labute approximate surface area is 184 Å². The van der Waals surface area contributed by atoms with Crippen LogP contribution in [0.4, 0.5) is 0 Å². The largest absolute Gasteiger partial charge is 0.452 e. The Morgan fingerprint density at radius 3 is 2.43 bits per heavy atom. The molecule has 0 N–H and O–H groups in total. The van der Waals surface area contributed by atoms with Crippen LogP contribution >= 0.6 is 22.9 Å². The summed E-state index contributed by atoms with van der Waals surface area (Å²) in [5.74, 6) is -1.06. The summed E-state index contributed by atoms with van der Waals surface area (Å²) in [7, 11) is -2.03. The molecule has 8 nitrogen and oxygen atoms in total. The molecule has 162 valence electrons. The van der Waals surface area contributed by atoms with Crippen molar-refractivity contribution in [1.29, 1.82) is 0 Å². The van der Waals surface area contributed by atoms with E-state index in [-0.39, 0.29) is 16.4 Å². The Bertz CT molecular complexity index is 1000. The molecule has 2 aromatic rings. The molecule has 0 spiro atoms.